The maximum Gasteiger partial charge on any atom is 0.271 e. The molecule has 2 aromatic rings. The number of hydrogen-bond donors (Lipinski definition) is 2. The molecule has 3 rings (SSSR count). The summed E-state index contributed by atoms with van der Waals surface area (Å²) in [5, 5.41) is 7.33. The van der Waals surface area contributed by atoms with Gasteiger partial charge in [0.2, 0.25) is 15.4 Å². The number of sulfone groups is 1. The average Bonchev–Trinajstić information content (AvgIpc) is 2.73. The lowest BCUT2D eigenvalue weighted by molar-refractivity contribution is 0.110. The second-order valence-corrected chi connectivity index (χ2v) is 9.10. The maximum absolute atomic E-state index is 13.3. The molecule has 7 nitrogen and oxygen atoms in total. The van der Waals surface area contributed by atoms with E-state index in [-0.39, 0.29) is 10.6 Å². The second kappa shape index (κ2) is 9.84. The third-order valence-electron chi connectivity index (χ3n) is 4.86. The van der Waals surface area contributed by atoms with Gasteiger partial charge in [-0.2, -0.15) is 0 Å². The number of rotatable bonds is 8. The Morgan fingerprint density at radius 2 is 1.83 bits per heavy atom. The summed E-state index contributed by atoms with van der Waals surface area (Å²) < 4.78 is 26.6. The van der Waals surface area contributed by atoms with E-state index in [1.54, 1.807) is 12.1 Å². The van der Waals surface area contributed by atoms with Crippen LogP contribution in [0.3, 0.4) is 0 Å². The van der Waals surface area contributed by atoms with Crippen molar-refractivity contribution in [3.63, 3.8) is 0 Å². The van der Waals surface area contributed by atoms with Crippen LogP contribution in [-0.2, 0) is 21.1 Å². The number of H-pyrrole nitrogens is 1. The van der Waals surface area contributed by atoms with Crippen molar-refractivity contribution in [1.29, 1.82) is 0 Å². The third kappa shape index (κ3) is 5.55. The predicted octanol–water partition coefficient (Wildman–Crippen LogP) is 2.95. The first kappa shape index (κ1) is 21.3. The van der Waals surface area contributed by atoms with Crippen LogP contribution in [-0.4, -0.2) is 32.2 Å². The van der Waals surface area contributed by atoms with Gasteiger partial charge in [0.1, 0.15) is 0 Å². The predicted molar refractivity (Wildman–Crippen MR) is 113 cm³/mol. The van der Waals surface area contributed by atoms with Crippen molar-refractivity contribution in [2.24, 2.45) is 5.16 Å². The molecule has 1 aliphatic heterocycles. The van der Waals surface area contributed by atoms with Crippen molar-refractivity contribution in [2.45, 2.75) is 49.4 Å². The van der Waals surface area contributed by atoms with Gasteiger partial charge in [0.05, 0.1) is 16.3 Å². The summed E-state index contributed by atoms with van der Waals surface area (Å²) in [5.41, 5.74) is 0.241. The number of aromatic amines is 1. The van der Waals surface area contributed by atoms with E-state index < -0.39 is 20.8 Å². The maximum atomic E-state index is 13.3. The van der Waals surface area contributed by atoms with Crippen LogP contribution >= 0.6 is 0 Å². The topological polar surface area (TPSA) is 101 Å². The number of pyridine rings is 1. The summed E-state index contributed by atoms with van der Waals surface area (Å²) in [7, 11) is -3.92. The molecule has 1 aromatic heterocycles. The van der Waals surface area contributed by atoms with E-state index in [4.69, 9.17) is 4.84 Å². The molecule has 2 N–H and O–H groups in total. The minimum absolute atomic E-state index is 0.137. The molecule has 1 unspecified atom stereocenters. The molecule has 156 valence electrons. The number of oxime groups is 1. The molecule has 0 radical (unpaired) electrons. The molecule has 1 saturated heterocycles. The van der Waals surface area contributed by atoms with Gasteiger partial charge in [0, 0.05) is 32.0 Å². The summed E-state index contributed by atoms with van der Waals surface area (Å²) >= 11 is 0. The highest BCUT2D eigenvalue weighted by molar-refractivity contribution is 7.91. The molecule has 1 fully saturated rings. The van der Waals surface area contributed by atoms with Crippen molar-refractivity contribution in [1.82, 2.24) is 10.3 Å². The quantitative estimate of drug-likeness (QED) is 0.643. The number of nitrogens with zero attached hydrogens (tertiary/aromatic N) is 1. The van der Waals surface area contributed by atoms with Crippen LogP contribution in [0.4, 0.5) is 0 Å². The molecule has 0 aliphatic carbocycles. The van der Waals surface area contributed by atoms with Gasteiger partial charge in [-0.15, -0.1) is 0 Å². The zero-order valence-electron chi connectivity index (χ0n) is 16.6. The molecular formula is C21H27N3O4S. The fourth-order valence-corrected chi connectivity index (χ4v) is 4.55. The lowest BCUT2D eigenvalue weighted by Crippen LogP contribution is -2.28. The summed E-state index contributed by atoms with van der Waals surface area (Å²) in [5.74, 6) is 0. The van der Waals surface area contributed by atoms with Crippen LogP contribution in [0.2, 0.25) is 0 Å². The Balaban J connectivity index is 1.92. The molecule has 1 atom stereocenters. The number of nitrogens with one attached hydrogen (secondary N) is 2. The Labute approximate surface area is 171 Å². The monoisotopic (exact) mass is 417 g/mol. The van der Waals surface area contributed by atoms with Crippen molar-refractivity contribution in [2.75, 3.05) is 13.1 Å². The number of piperidine rings is 1. The van der Waals surface area contributed by atoms with Gasteiger partial charge in [-0.25, -0.2) is 8.42 Å². The zero-order valence-corrected chi connectivity index (χ0v) is 17.4. The molecule has 8 heteroatoms. The van der Waals surface area contributed by atoms with E-state index in [9.17, 15) is 13.2 Å². The number of hydrogen-bond acceptors (Lipinski definition) is 6. The van der Waals surface area contributed by atoms with Crippen LogP contribution in [0.15, 0.2) is 57.3 Å². The first-order valence-electron chi connectivity index (χ1n) is 9.95. The molecule has 0 spiro atoms. The minimum atomic E-state index is -3.92. The minimum Gasteiger partial charge on any atom is -0.369 e. The van der Waals surface area contributed by atoms with Gasteiger partial charge in [-0.05, 0) is 36.6 Å². The van der Waals surface area contributed by atoms with Gasteiger partial charge in [0.25, 0.3) is 5.44 Å². The third-order valence-corrected chi connectivity index (χ3v) is 6.69. The Kier molecular flexibility index (Phi) is 7.22. The van der Waals surface area contributed by atoms with Crippen LogP contribution in [0.25, 0.3) is 0 Å². The van der Waals surface area contributed by atoms with Gasteiger partial charge >= 0.3 is 0 Å². The first-order chi connectivity index (χ1) is 14.0. The van der Waals surface area contributed by atoms with Gasteiger partial charge < -0.3 is 15.1 Å². The number of unbranched alkanes of at least 4 members (excludes halogenated alkanes) is 1. The number of benzene rings is 1. The summed E-state index contributed by atoms with van der Waals surface area (Å²) in [6.45, 7) is 3.67. The Hall–Kier alpha value is -2.45. The highest BCUT2D eigenvalue weighted by Gasteiger charge is 2.32. The van der Waals surface area contributed by atoms with Crippen LogP contribution in [0, 0.1) is 0 Å². The lowest BCUT2D eigenvalue weighted by atomic mass is 10.1. The molecular weight excluding hydrogens is 390 g/mol. The fourth-order valence-electron chi connectivity index (χ4n) is 3.16. The smallest absolute Gasteiger partial charge is 0.271 e. The van der Waals surface area contributed by atoms with Gasteiger partial charge in [-0.3, -0.25) is 4.79 Å². The van der Waals surface area contributed by atoms with E-state index in [0.29, 0.717) is 12.8 Å². The molecule has 0 amide bonds. The average molecular weight is 418 g/mol. The van der Waals surface area contributed by atoms with E-state index >= 15 is 0 Å². The number of aromatic nitrogens is 1. The highest BCUT2D eigenvalue weighted by atomic mass is 32.2. The molecule has 0 saturated carbocycles. The van der Waals surface area contributed by atoms with Crippen molar-refractivity contribution in [3.05, 3.63) is 64.1 Å². The first-order valence-corrected chi connectivity index (χ1v) is 11.5. The van der Waals surface area contributed by atoms with Crippen LogP contribution in [0.1, 0.15) is 49.3 Å². The van der Waals surface area contributed by atoms with Crippen LogP contribution in [0.5, 0.6) is 0 Å². The lowest BCUT2D eigenvalue weighted by Gasteiger charge is -2.19. The SMILES string of the molecule is CCCCc1ccc(S(=O)(=O)C(ON=C2CCNCC2)c2cccc(=O)[nH]2)cc1. The molecule has 29 heavy (non-hydrogen) atoms. The van der Waals surface area contributed by atoms with Crippen molar-refractivity contribution in [3.8, 4) is 0 Å². The zero-order chi connectivity index (χ0) is 20.7. The van der Waals surface area contributed by atoms with E-state index in [0.717, 1.165) is 43.6 Å². The fraction of sp³-hybridized carbons (Fsp3) is 0.429. The second-order valence-electron chi connectivity index (χ2n) is 7.11. The highest BCUT2D eigenvalue weighted by Crippen LogP contribution is 2.29. The molecule has 1 aliphatic rings. The molecule has 0 bridgehead atoms. The van der Waals surface area contributed by atoms with Crippen molar-refractivity contribution < 1.29 is 13.3 Å². The largest absolute Gasteiger partial charge is 0.369 e. The Bertz CT molecular complexity index is 989. The van der Waals surface area contributed by atoms with Crippen molar-refractivity contribution >= 4 is 15.5 Å². The summed E-state index contributed by atoms with van der Waals surface area (Å²) in [6.07, 6.45) is 4.43. The Morgan fingerprint density at radius 3 is 2.48 bits per heavy atom. The van der Waals surface area contributed by atoms with Gasteiger partial charge in [-0.1, -0.05) is 36.7 Å². The Morgan fingerprint density at radius 1 is 1.10 bits per heavy atom. The molecule has 1 aromatic carbocycles. The van der Waals surface area contributed by atoms with E-state index in [2.05, 4.69) is 22.4 Å². The molecule has 2 heterocycles. The summed E-state index contributed by atoms with van der Waals surface area (Å²) in [4.78, 5) is 20.0. The van der Waals surface area contributed by atoms with E-state index in [1.165, 1.54) is 18.2 Å². The van der Waals surface area contributed by atoms with Crippen LogP contribution < -0.4 is 10.9 Å². The van der Waals surface area contributed by atoms with E-state index in [1.807, 2.05) is 12.1 Å². The summed E-state index contributed by atoms with van der Waals surface area (Å²) in [6, 6.07) is 11.2. The normalized spacial score (nSPS) is 15.7. The standard InChI is InChI=1S/C21H27N3O4S/c1-2-3-5-16-8-10-18(11-9-16)29(26,27)21(19-6-4-7-20(25)23-19)28-24-17-12-14-22-15-13-17/h4,6-11,21-22H,2-3,5,12-15H2,1H3,(H,23,25). The van der Waals surface area contributed by atoms with Gasteiger partial charge in [0.15, 0.2) is 0 Å². The number of aryl methyl sites for hydroxylation is 1.